The summed E-state index contributed by atoms with van der Waals surface area (Å²) in [6, 6.07) is 5.99. The first-order valence-electron chi connectivity index (χ1n) is 4.97. The number of pyridine rings is 1. The van der Waals surface area contributed by atoms with Crippen molar-refractivity contribution in [2.75, 3.05) is 0 Å². The van der Waals surface area contributed by atoms with Gasteiger partial charge in [-0.15, -0.1) is 0 Å². The van der Waals surface area contributed by atoms with Gasteiger partial charge in [0.15, 0.2) is 0 Å². The van der Waals surface area contributed by atoms with Crippen LogP contribution in [0.15, 0.2) is 24.4 Å². The van der Waals surface area contributed by atoms with Crippen LogP contribution in [-0.4, -0.2) is 14.5 Å². The number of hydrogen-bond donors (Lipinski definition) is 1. The van der Waals surface area contributed by atoms with Gasteiger partial charge in [-0.05, 0) is 25.0 Å². The molecule has 0 atom stereocenters. The smallest absolute Gasteiger partial charge is 0.116 e. The molecule has 2 aromatic heterocycles. The minimum Gasteiger partial charge on any atom is -0.390 e. The van der Waals surface area contributed by atoms with Crippen LogP contribution in [0, 0.1) is 0 Å². The number of imidazole rings is 1. The number of nitrogens with zero attached hydrogens (tertiary/aromatic N) is 2. The molecule has 1 aliphatic rings. The molecule has 3 heteroatoms. The molecule has 0 bridgehead atoms. The number of rotatable bonds is 2. The lowest BCUT2D eigenvalue weighted by Gasteiger charge is -1.96. The summed E-state index contributed by atoms with van der Waals surface area (Å²) < 4.78 is 2.10. The molecule has 0 amide bonds. The van der Waals surface area contributed by atoms with E-state index >= 15 is 0 Å². The summed E-state index contributed by atoms with van der Waals surface area (Å²) in [6.45, 7) is 0.0280. The van der Waals surface area contributed by atoms with Gasteiger partial charge in [0.25, 0.3) is 0 Å². The van der Waals surface area contributed by atoms with E-state index in [-0.39, 0.29) is 6.61 Å². The van der Waals surface area contributed by atoms with E-state index in [1.54, 1.807) is 0 Å². The summed E-state index contributed by atoms with van der Waals surface area (Å²) in [7, 11) is 0. The van der Waals surface area contributed by atoms with Gasteiger partial charge in [0, 0.05) is 12.1 Å². The van der Waals surface area contributed by atoms with Crippen molar-refractivity contribution in [3.05, 3.63) is 35.9 Å². The maximum absolute atomic E-state index is 9.18. The van der Waals surface area contributed by atoms with Gasteiger partial charge < -0.3 is 9.51 Å². The molecule has 2 aromatic rings. The zero-order chi connectivity index (χ0) is 9.54. The molecule has 0 aromatic carbocycles. The van der Waals surface area contributed by atoms with Crippen LogP contribution in [-0.2, 0) is 6.61 Å². The fourth-order valence-corrected chi connectivity index (χ4v) is 1.87. The predicted octanol–water partition coefficient (Wildman–Crippen LogP) is 1.70. The van der Waals surface area contributed by atoms with E-state index in [1.807, 2.05) is 24.4 Å². The highest BCUT2D eigenvalue weighted by molar-refractivity contribution is 5.53. The van der Waals surface area contributed by atoms with Gasteiger partial charge in [0.2, 0.25) is 0 Å². The highest BCUT2D eigenvalue weighted by Gasteiger charge is 2.28. The van der Waals surface area contributed by atoms with Gasteiger partial charge >= 0.3 is 0 Å². The molecule has 0 radical (unpaired) electrons. The molecule has 0 unspecified atom stereocenters. The maximum atomic E-state index is 9.18. The van der Waals surface area contributed by atoms with Crippen molar-refractivity contribution >= 4 is 5.52 Å². The average Bonchev–Trinajstić information content (AvgIpc) is 3.00. The van der Waals surface area contributed by atoms with Crippen molar-refractivity contribution in [3.63, 3.8) is 0 Å². The maximum Gasteiger partial charge on any atom is 0.116 e. The molecular weight excluding hydrogens is 176 g/mol. The summed E-state index contributed by atoms with van der Waals surface area (Å²) in [5.74, 6) is 1.73. The lowest BCUT2D eigenvalue weighted by Crippen LogP contribution is -1.90. The highest BCUT2D eigenvalue weighted by atomic mass is 16.3. The van der Waals surface area contributed by atoms with E-state index < -0.39 is 0 Å². The average molecular weight is 188 g/mol. The molecule has 1 aliphatic carbocycles. The van der Waals surface area contributed by atoms with Crippen LogP contribution in [0.3, 0.4) is 0 Å². The first-order valence-corrected chi connectivity index (χ1v) is 4.97. The highest BCUT2D eigenvalue weighted by Crippen LogP contribution is 2.39. The molecule has 2 heterocycles. The van der Waals surface area contributed by atoms with Crippen molar-refractivity contribution in [2.24, 2.45) is 0 Å². The lowest BCUT2D eigenvalue weighted by atomic mass is 10.3. The molecule has 0 aliphatic heterocycles. The van der Waals surface area contributed by atoms with E-state index in [9.17, 15) is 5.11 Å². The van der Waals surface area contributed by atoms with Crippen molar-refractivity contribution in [1.82, 2.24) is 9.38 Å². The molecule has 0 saturated heterocycles. The van der Waals surface area contributed by atoms with Crippen LogP contribution in [0.4, 0.5) is 0 Å². The van der Waals surface area contributed by atoms with Gasteiger partial charge in [0.1, 0.15) is 5.82 Å². The Balaban J connectivity index is 2.28. The van der Waals surface area contributed by atoms with Crippen LogP contribution in [0.1, 0.15) is 30.3 Å². The summed E-state index contributed by atoms with van der Waals surface area (Å²) >= 11 is 0. The van der Waals surface area contributed by atoms with Crippen molar-refractivity contribution in [3.8, 4) is 0 Å². The lowest BCUT2D eigenvalue weighted by molar-refractivity contribution is 0.279. The Bertz CT molecular complexity index is 471. The third-order valence-electron chi connectivity index (χ3n) is 2.74. The first-order chi connectivity index (χ1) is 6.90. The van der Waals surface area contributed by atoms with Gasteiger partial charge in [-0.2, -0.15) is 0 Å². The number of hydrogen-bond acceptors (Lipinski definition) is 2. The summed E-state index contributed by atoms with van der Waals surface area (Å²) in [6.07, 6.45) is 4.49. The molecule has 1 fully saturated rings. The molecule has 3 nitrogen and oxygen atoms in total. The van der Waals surface area contributed by atoms with Gasteiger partial charge in [-0.1, -0.05) is 6.07 Å². The van der Waals surface area contributed by atoms with Crippen LogP contribution in [0.25, 0.3) is 5.52 Å². The van der Waals surface area contributed by atoms with Crippen LogP contribution >= 0.6 is 0 Å². The zero-order valence-electron chi connectivity index (χ0n) is 7.85. The van der Waals surface area contributed by atoms with Crippen molar-refractivity contribution in [1.29, 1.82) is 0 Å². The predicted molar refractivity (Wildman–Crippen MR) is 53.1 cm³/mol. The third kappa shape index (κ3) is 1.06. The second-order valence-corrected chi connectivity index (χ2v) is 3.80. The quantitative estimate of drug-likeness (QED) is 0.779. The molecule has 1 saturated carbocycles. The summed E-state index contributed by atoms with van der Waals surface area (Å²) in [5, 5.41) is 9.18. The molecule has 72 valence electrons. The monoisotopic (exact) mass is 188 g/mol. The minimum atomic E-state index is 0.0280. The number of aromatic nitrogens is 2. The van der Waals surface area contributed by atoms with Crippen LogP contribution in [0.5, 0.6) is 0 Å². The van der Waals surface area contributed by atoms with E-state index in [0.29, 0.717) is 5.92 Å². The Morgan fingerprint density at radius 3 is 3.00 bits per heavy atom. The Morgan fingerprint density at radius 1 is 1.43 bits per heavy atom. The summed E-state index contributed by atoms with van der Waals surface area (Å²) in [5.41, 5.74) is 1.84. The van der Waals surface area contributed by atoms with Crippen LogP contribution < -0.4 is 0 Å². The number of aliphatic hydroxyl groups is 1. The molecule has 0 spiro atoms. The minimum absolute atomic E-state index is 0.0280. The fourth-order valence-electron chi connectivity index (χ4n) is 1.87. The zero-order valence-corrected chi connectivity index (χ0v) is 7.85. The van der Waals surface area contributed by atoms with E-state index in [0.717, 1.165) is 17.0 Å². The van der Waals surface area contributed by atoms with E-state index in [4.69, 9.17) is 0 Å². The van der Waals surface area contributed by atoms with Crippen LogP contribution in [0.2, 0.25) is 0 Å². The largest absolute Gasteiger partial charge is 0.390 e. The van der Waals surface area contributed by atoms with Crippen molar-refractivity contribution < 1.29 is 5.11 Å². The number of aliphatic hydroxyl groups excluding tert-OH is 1. The van der Waals surface area contributed by atoms with Crippen molar-refractivity contribution in [2.45, 2.75) is 25.4 Å². The third-order valence-corrected chi connectivity index (χ3v) is 2.74. The Hall–Kier alpha value is -1.35. The Kier molecular flexibility index (Phi) is 1.61. The topological polar surface area (TPSA) is 37.5 Å². The first kappa shape index (κ1) is 8.00. The molecular formula is C11H12N2O. The SMILES string of the molecule is OCc1nc(C2CC2)n2ccccc12. The normalized spacial score (nSPS) is 16.4. The standard InChI is InChI=1S/C11H12N2O/c14-7-9-10-3-1-2-6-13(10)11(12-9)8-4-5-8/h1-3,6,8,14H,4-5,7H2. The fraction of sp³-hybridized carbons (Fsp3) is 0.364. The van der Waals surface area contributed by atoms with Gasteiger partial charge in [-0.25, -0.2) is 4.98 Å². The summed E-state index contributed by atoms with van der Waals surface area (Å²) in [4.78, 5) is 4.48. The Morgan fingerprint density at radius 2 is 2.29 bits per heavy atom. The van der Waals surface area contributed by atoms with Gasteiger partial charge in [0.05, 0.1) is 17.8 Å². The molecule has 14 heavy (non-hydrogen) atoms. The number of fused-ring (bicyclic) bond motifs is 1. The molecule has 1 N–H and O–H groups in total. The van der Waals surface area contributed by atoms with Gasteiger partial charge in [-0.3, -0.25) is 0 Å². The second kappa shape index (κ2) is 2.82. The molecule has 3 rings (SSSR count). The second-order valence-electron chi connectivity index (χ2n) is 3.80. The van der Waals surface area contributed by atoms with E-state index in [2.05, 4.69) is 9.38 Å². The Labute approximate surface area is 82.0 Å². The van der Waals surface area contributed by atoms with E-state index in [1.165, 1.54) is 12.8 Å².